The van der Waals surface area contributed by atoms with Gasteiger partial charge in [0.15, 0.2) is 5.01 Å². The lowest BCUT2D eigenvalue weighted by Gasteiger charge is -2.10. The number of carbonyl (C=O) groups is 2. The predicted molar refractivity (Wildman–Crippen MR) is 127 cm³/mol. The van der Waals surface area contributed by atoms with Crippen molar-refractivity contribution in [1.29, 1.82) is 0 Å². The molecule has 2 amide bonds. The number of nitrogens with one attached hydrogen (secondary N) is 1. The average molecular weight is 474 g/mol. The summed E-state index contributed by atoms with van der Waals surface area (Å²) in [7, 11) is 0. The van der Waals surface area contributed by atoms with Crippen molar-refractivity contribution in [2.24, 2.45) is 5.73 Å². The number of nitrogens with zero attached hydrogens (tertiary/aromatic N) is 5. The number of pyridine rings is 1. The zero-order valence-electron chi connectivity index (χ0n) is 18.5. The fraction of sp³-hybridized carbons (Fsp3) is 0.130. The van der Waals surface area contributed by atoms with E-state index in [1.54, 1.807) is 29.7 Å². The van der Waals surface area contributed by atoms with Gasteiger partial charge in [0.25, 0.3) is 11.8 Å². The summed E-state index contributed by atoms with van der Waals surface area (Å²) in [4.78, 5) is 38.4. The lowest BCUT2D eigenvalue weighted by molar-refractivity contribution is 0.0996. The van der Waals surface area contributed by atoms with Gasteiger partial charge in [0, 0.05) is 29.9 Å². The number of nitrogens with two attached hydrogens (primary N) is 1. The van der Waals surface area contributed by atoms with Crippen LogP contribution in [0.4, 0.5) is 5.69 Å². The van der Waals surface area contributed by atoms with E-state index in [1.807, 2.05) is 32.0 Å². The Labute approximate surface area is 197 Å². The topological polar surface area (TPSA) is 141 Å². The first-order valence-electron chi connectivity index (χ1n) is 10.3. The van der Waals surface area contributed by atoms with Crippen LogP contribution in [0.25, 0.3) is 27.5 Å². The van der Waals surface area contributed by atoms with Gasteiger partial charge < -0.3 is 15.6 Å². The van der Waals surface area contributed by atoms with Crippen molar-refractivity contribution in [2.75, 3.05) is 5.32 Å². The monoisotopic (exact) mass is 473 g/mol. The first-order chi connectivity index (χ1) is 16.3. The van der Waals surface area contributed by atoms with E-state index in [-0.39, 0.29) is 10.9 Å². The number of primary amides is 1. The van der Waals surface area contributed by atoms with Crippen molar-refractivity contribution >= 4 is 34.5 Å². The second kappa shape index (κ2) is 8.19. The number of amides is 2. The van der Waals surface area contributed by atoms with Crippen molar-refractivity contribution in [3.8, 4) is 21.8 Å². The van der Waals surface area contributed by atoms with Crippen molar-refractivity contribution in [2.45, 2.75) is 20.8 Å². The lowest BCUT2D eigenvalue weighted by Crippen LogP contribution is -2.15. The number of thiazole rings is 1. The number of benzene rings is 1. The van der Waals surface area contributed by atoms with Crippen LogP contribution in [0.2, 0.25) is 0 Å². The quantitative estimate of drug-likeness (QED) is 0.395. The molecule has 11 heteroatoms. The van der Waals surface area contributed by atoms with E-state index in [0.717, 1.165) is 21.6 Å². The van der Waals surface area contributed by atoms with Crippen LogP contribution in [0, 0.1) is 20.8 Å². The molecule has 0 aliphatic heterocycles. The first kappa shape index (κ1) is 21.5. The highest BCUT2D eigenvalue weighted by molar-refractivity contribution is 7.17. The third-order valence-electron chi connectivity index (χ3n) is 5.28. The molecule has 10 nitrogen and oxygen atoms in total. The van der Waals surface area contributed by atoms with Gasteiger partial charge in [-0.2, -0.15) is 4.98 Å². The number of hydrogen-bond donors (Lipinski definition) is 2. The normalized spacial score (nSPS) is 11.1. The summed E-state index contributed by atoms with van der Waals surface area (Å²) in [6.07, 6.45) is 3.32. The molecule has 0 spiro atoms. The van der Waals surface area contributed by atoms with Gasteiger partial charge in [0.1, 0.15) is 11.3 Å². The number of carbonyl (C=O) groups excluding carboxylic acids is 2. The summed E-state index contributed by atoms with van der Waals surface area (Å²) in [5.41, 5.74) is 10.1. The Bertz CT molecular complexity index is 1580. The van der Waals surface area contributed by atoms with E-state index in [2.05, 4.69) is 25.4 Å². The molecule has 0 saturated heterocycles. The largest absolute Gasteiger partial charge is 0.364 e. The summed E-state index contributed by atoms with van der Waals surface area (Å²) in [6, 6.07) is 9.23. The molecule has 0 saturated carbocycles. The lowest BCUT2D eigenvalue weighted by atomic mass is 10.1. The van der Waals surface area contributed by atoms with E-state index in [1.165, 1.54) is 17.5 Å². The van der Waals surface area contributed by atoms with E-state index in [9.17, 15) is 9.59 Å². The first-order valence-corrected chi connectivity index (χ1v) is 11.1. The standard InChI is InChI=1S/C23H19N7O3S/c1-11-4-5-14(21-27-13(3)33-29-21)8-16(11)28-22(32)17-9-25-18-7-6-15(10-30(17)18)19-12(2)26-23(34-19)20(24)31/h4-10H,1-3H3,(H2,24,31)(H,28,32). The molecule has 170 valence electrons. The van der Waals surface area contributed by atoms with Crippen LogP contribution in [0.1, 0.15) is 37.4 Å². The maximum Gasteiger partial charge on any atom is 0.277 e. The van der Waals surface area contributed by atoms with Crippen LogP contribution in [-0.2, 0) is 0 Å². The molecule has 1 aromatic carbocycles. The fourth-order valence-corrected chi connectivity index (χ4v) is 4.46. The van der Waals surface area contributed by atoms with Crippen molar-refractivity contribution in [3.05, 3.63) is 70.6 Å². The number of imidazole rings is 1. The van der Waals surface area contributed by atoms with Gasteiger partial charge in [-0.15, -0.1) is 11.3 Å². The van der Waals surface area contributed by atoms with Crippen LogP contribution >= 0.6 is 11.3 Å². The molecule has 3 N–H and O–H groups in total. The number of aryl methyl sites for hydroxylation is 3. The minimum Gasteiger partial charge on any atom is -0.364 e. The zero-order chi connectivity index (χ0) is 24.0. The second-order valence-electron chi connectivity index (χ2n) is 7.71. The SMILES string of the molecule is Cc1nc(-c2ccc(C)c(NC(=O)c3cnc4ccc(-c5sc(C(N)=O)nc5C)cn34)c2)no1. The number of rotatable bonds is 5. The van der Waals surface area contributed by atoms with Crippen LogP contribution < -0.4 is 11.1 Å². The van der Waals surface area contributed by atoms with Crippen molar-refractivity contribution < 1.29 is 14.1 Å². The molecule has 0 fully saturated rings. The molecule has 0 atom stereocenters. The highest BCUT2D eigenvalue weighted by atomic mass is 32.1. The maximum atomic E-state index is 13.2. The Balaban J connectivity index is 1.49. The van der Waals surface area contributed by atoms with Crippen molar-refractivity contribution in [3.63, 3.8) is 0 Å². The molecular weight excluding hydrogens is 454 g/mol. The molecule has 5 aromatic rings. The molecule has 0 unspecified atom stereocenters. The summed E-state index contributed by atoms with van der Waals surface area (Å²) in [6.45, 7) is 5.43. The van der Waals surface area contributed by atoms with Crippen LogP contribution in [0.15, 0.2) is 47.2 Å². The Morgan fingerprint density at radius 3 is 2.59 bits per heavy atom. The summed E-state index contributed by atoms with van der Waals surface area (Å²) >= 11 is 1.21. The molecule has 5 rings (SSSR count). The number of aromatic nitrogens is 5. The molecule has 0 aliphatic rings. The number of fused-ring (bicyclic) bond motifs is 1. The second-order valence-corrected chi connectivity index (χ2v) is 8.71. The number of hydrogen-bond acceptors (Lipinski definition) is 8. The maximum absolute atomic E-state index is 13.2. The minimum absolute atomic E-state index is 0.239. The molecular formula is C23H19N7O3S. The Morgan fingerprint density at radius 2 is 1.88 bits per heavy atom. The Kier molecular flexibility index (Phi) is 5.17. The van der Waals surface area contributed by atoms with Gasteiger partial charge >= 0.3 is 0 Å². The molecule has 4 heterocycles. The molecule has 4 aromatic heterocycles. The van der Waals surface area contributed by atoms with Gasteiger partial charge in [0.05, 0.1) is 16.8 Å². The van der Waals surface area contributed by atoms with Gasteiger partial charge in [-0.25, -0.2) is 9.97 Å². The third-order valence-corrected chi connectivity index (χ3v) is 6.50. The third kappa shape index (κ3) is 3.82. The Hall–Kier alpha value is -4.38. The summed E-state index contributed by atoms with van der Waals surface area (Å²) in [5, 5.41) is 7.13. The van der Waals surface area contributed by atoms with Crippen LogP contribution in [0.3, 0.4) is 0 Å². The average Bonchev–Trinajstić information content (AvgIpc) is 3.53. The molecule has 0 radical (unpaired) electrons. The van der Waals surface area contributed by atoms with Gasteiger partial charge in [-0.05, 0) is 37.6 Å². The van der Waals surface area contributed by atoms with Crippen LogP contribution in [0.5, 0.6) is 0 Å². The van der Waals surface area contributed by atoms with E-state index in [0.29, 0.717) is 34.4 Å². The Morgan fingerprint density at radius 1 is 1.09 bits per heavy atom. The van der Waals surface area contributed by atoms with Gasteiger partial charge in [-0.1, -0.05) is 17.3 Å². The summed E-state index contributed by atoms with van der Waals surface area (Å²) < 4.78 is 6.76. The highest BCUT2D eigenvalue weighted by Crippen LogP contribution is 2.30. The highest BCUT2D eigenvalue weighted by Gasteiger charge is 2.18. The molecule has 34 heavy (non-hydrogen) atoms. The zero-order valence-corrected chi connectivity index (χ0v) is 19.3. The van der Waals surface area contributed by atoms with E-state index < -0.39 is 5.91 Å². The van der Waals surface area contributed by atoms with E-state index in [4.69, 9.17) is 10.3 Å². The summed E-state index contributed by atoms with van der Waals surface area (Å²) in [5.74, 6) is 0.00859. The smallest absolute Gasteiger partial charge is 0.277 e. The van der Waals surface area contributed by atoms with Crippen molar-refractivity contribution in [1.82, 2.24) is 24.5 Å². The van der Waals surface area contributed by atoms with Gasteiger partial charge in [0.2, 0.25) is 11.7 Å². The minimum atomic E-state index is -0.572. The molecule has 0 bridgehead atoms. The predicted octanol–water partition coefficient (Wildman–Crippen LogP) is 3.78. The fourth-order valence-electron chi connectivity index (χ4n) is 3.55. The molecule has 0 aliphatic carbocycles. The number of anilines is 1. The van der Waals surface area contributed by atoms with Gasteiger partial charge in [-0.3, -0.25) is 14.0 Å². The van der Waals surface area contributed by atoms with Crippen LogP contribution in [-0.4, -0.2) is 36.3 Å². The van der Waals surface area contributed by atoms with E-state index >= 15 is 0 Å².